The van der Waals surface area contributed by atoms with Gasteiger partial charge in [0.1, 0.15) is 0 Å². The van der Waals surface area contributed by atoms with Crippen molar-refractivity contribution in [1.29, 1.82) is 0 Å². The predicted octanol–water partition coefficient (Wildman–Crippen LogP) is 2.39. The van der Waals surface area contributed by atoms with Gasteiger partial charge in [0.15, 0.2) is 17.0 Å². The van der Waals surface area contributed by atoms with Crippen molar-refractivity contribution in [2.45, 2.75) is 20.4 Å². The first kappa shape index (κ1) is 16.0. The summed E-state index contributed by atoms with van der Waals surface area (Å²) >= 11 is 0. The number of hydrogen-bond acceptors (Lipinski definition) is 7. The fourth-order valence-electron chi connectivity index (χ4n) is 2.73. The van der Waals surface area contributed by atoms with E-state index < -0.39 is 0 Å². The van der Waals surface area contributed by atoms with E-state index in [0.29, 0.717) is 34.8 Å². The van der Waals surface area contributed by atoms with Crippen LogP contribution in [0.25, 0.3) is 17.1 Å². The molecule has 132 valence electrons. The van der Waals surface area contributed by atoms with Crippen LogP contribution in [0, 0.1) is 5.92 Å². The topological polar surface area (TPSA) is 112 Å². The summed E-state index contributed by atoms with van der Waals surface area (Å²) in [5.41, 5.74) is 8.24. The number of aromatic nitrogens is 7. The van der Waals surface area contributed by atoms with Gasteiger partial charge in [-0.25, -0.2) is 9.67 Å². The third-order valence-electron chi connectivity index (χ3n) is 3.79. The Hall–Kier alpha value is -3.49. The molecule has 0 aromatic carbocycles. The molecule has 3 N–H and O–H groups in total. The van der Waals surface area contributed by atoms with Crippen LogP contribution in [0.2, 0.25) is 0 Å². The maximum atomic E-state index is 6.17. The molecule has 4 aromatic rings. The summed E-state index contributed by atoms with van der Waals surface area (Å²) in [6.07, 6.45) is 6.95. The fourth-order valence-corrected chi connectivity index (χ4v) is 2.73. The van der Waals surface area contributed by atoms with Crippen LogP contribution in [-0.2, 0) is 6.54 Å². The Balaban J connectivity index is 1.86. The van der Waals surface area contributed by atoms with Gasteiger partial charge in [-0.1, -0.05) is 13.8 Å². The van der Waals surface area contributed by atoms with Crippen LogP contribution < -0.4 is 11.1 Å². The normalized spacial score (nSPS) is 11.3. The Morgan fingerprint density at radius 1 is 1.12 bits per heavy atom. The Morgan fingerprint density at radius 2 is 1.92 bits per heavy atom. The molecule has 4 aromatic heterocycles. The van der Waals surface area contributed by atoms with E-state index in [0.717, 1.165) is 12.2 Å². The molecule has 4 heterocycles. The van der Waals surface area contributed by atoms with Gasteiger partial charge in [0, 0.05) is 37.0 Å². The minimum Gasteiger partial charge on any atom is -0.382 e. The monoisotopic (exact) mass is 349 g/mol. The van der Waals surface area contributed by atoms with E-state index in [-0.39, 0.29) is 0 Å². The summed E-state index contributed by atoms with van der Waals surface area (Å²) < 4.78 is 3.72. The second-order valence-electron chi connectivity index (χ2n) is 6.33. The molecule has 0 bridgehead atoms. The lowest BCUT2D eigenvalue weighted by molar-refractivity contribution is 0.518. The van der Waals surface area contributed by atoms with Crippen molar-refractivity contribution in [2.75, 3.05) is 11.1 Å². The van der Waals surface area contributed by atoms with Crippen molar-refractivity contribution in [3.63, 3.8) is 0 Å². The first-order chi connectivity index (χ1) is 12.6. The van der Waals surface area contributed by atoms with E-state index in [9.17, 15) is 0 Å². The van der Waals surface area contributed by atoms with Crippen molar-refractivity contribution in [3.8, 4) is 5.95 Å². The second-order valence-corrected chi connectivity index (χ2v) is 6.33. The number of nitrogens with one attached hydrogen (secondary N) is 1. The highest BCUT2D eigenvalue weighted by atomic mass is 15.4. The van der Waals surface area contributed by atoms with Crippen molar-refractivity contribution >= 4 is 28.6 Å². The van der Waals surface area contributed by atoms with Crippen molar-refractivity contribution in [1.82, 2.24) is 34.3 Å². The molecule has 0 aliphatic rings. The molecule has 4 rings (SSSR count). The summed E-state index contributed by atoms with van der Waals surface area (Å²) in [6, 6.07) is 5.53. The number of anilines is 3. The van der Waals surface area contributed by atoms with Crippen LogP contribution in [0.15, 0.2) is 43.0 Å². The van der Waals surface area contributed by atoms with Crippen LogP contribution in [0.4, 0.5) is 17.5 Å². The number of hydrogen-bond donors (Lipinski definition) is 2. The van der Waals surface area contributed by atoms with E-state index in [4.69, 9.17) is 5.73 Å². The highest BCUT2D eigenvalue weighted by Crippen LogP contribution is 2.24. The van der Waals surface area contributed by atoms with Gasteiger partial charge >= 0.3 is 0 Å². The third-order valence-corrected chi connectivity index (χ3v) is 3.79. The average molecular weight is 349 g/mol. The number of nitrogen functional groups attached to an aromatic ring is 1. The molecule has 26 heavy (non-hydrogen) atoms. The summed E-state index contributed by atoms with van der Waals surface area (Å²) in [4.78, 5) is 17.6. The number of nitrogens with two attached hydrogens (primary N) is 1. The highest BCUT2D eigenvalue weighted by molar-refractivity contribution is 5.84. The van der Waals surface area contributed by atoms with Crippen LogP contribution in [0.1, 0.15) is 13.8 Å². The van der Waals surface area contributed by atoms with Crippen molar-refractivity contribution < 1.29 is 0 Å². The van der Waals surface area contributed by atoms with Gasteiger partial charge in [-0.15, -0.1) is 0 Å². The summed E-state index contributed by atoms with van der Waals surface area (Å²) in [6.45, 7) is 5.01. The molecular formula is C17H19N9. The Morgan fingerprint density at radius 3 is 2.62 bits per heavy atom. The molecule has 0 spiro atoms. The van der Waals surface area contributed by atoms with Gasteiger partial charge in [0.2, 0.25) is 11.9 Å². The van der Waals surface area contributed by atoms with E-state index in [2.05, 4.69) is 44.2 Å². The first-order valence-corrected chi connectivity index (χ1v) is 8.32. The van der Waals surface area contributed by atoms with Gasteiger partial charge in [-0.3, -0.25) is 9.55 Å². The van der Waals surface area contributed by atoms with Crippen molar-refractivity contribution in [3.05, 3.63) is 43.0 Å². The van der Waals surface area contributed by atoms with Gasteiger partial charge in [0.25, 0.3) is 0 Å². The number of fused-ring (bicyclic) bond motifs is 1. The molecule has 9 nitrogen and oxygen atoms in total. The lowest BCUT2D eigenvalue weighted by Gasteiger charge is -2.11. The number of rotatable bonds is 5. The Bertz CT molecular complexity index is 1020. The van der Waals surface area contributed by atoms with E-state index in [1.54, 1.807) is 23.3 Å². The lowest BCUT2D eigenvalue weighted by Crippen LogP contribution is -2.12. The Labute approximate surface area is 149 Å². The van der Waals surface area contributed by atoms with Gasteiger partial charge < -0.3 is 11.1 Å². The SMILES string of the molecule is CC(C)Cn1c(-n2cccn2)nc2c(N)nc(Nc3ccncc3)nc21. The molecular weight excluding hydrogens is 330 g/mol. The smallest absolute Gasteiger partial charge is 0.233 e. The number of imidazole rings is 1. The molecule has 0 radical (unpaired) electrons. The Kier molecular flexibility index (Phi) is 3.96. The minimum atomic E-state index is 0.322. The van der Waals surface area contributed by atoms with Gasteiger partial charge in [-0.2, -0.15) is 15.1 Å². The van der Waals surface area contributed by atoms with Crippen LogP contribution >= 0.6 is 0 Å². The molecule has 0 unspecified atom stereocenters. The fraction of sp³-hybridized carbons (Fsp3) is 0.235. The minimum absolute atomic E-state index is 0.322. The molecule has 0 amide bonds. The zero-order valence-corrected chi connectivity index (χ0v) is 14.5. The molecule has 0 aliphatic heterocycles. The standard InChI is InChI=1S/C17H19N9/c1-11(2)10-25-15-13(22-17(25)26-9-3-6-20-26)14(18)23-16(24-15)21-12-4-7-19-8-5-12/h3-9,11H,10H2,1-2H3,(H3,18,19,21,23,24). The lowest BCUT2D eigenvalue weighted by atomic mass is 10.2. The first-order valence-electron chi connectivity index (χ1n) is 8.32. The van der Waals surface area contributed by atoms with Crippen LogP contribution in [0.3, 0.4) is 0 Å². The third kappa shape index (κ3) is 2.94. The average Bonchev–Trinajstić information content (AvgIpc) is 3.24. The number of nitrogens with zero attached hydrogens (tertiary/aromatic N) is 7. The largest absolute Gasteiger partial charge is 0.382 e. The molecule has 0 fully saturated rings. The summed E-state index contributed by atoms with van der Waals surface area (Å²) in [5.74, 6) is 1.80. The molecule has 0 atom stereocenters. The predicted molar refractivity (Wildman–Crippen MR) is 99.2 cm³/mol. The van der Waals surface area contributed by atoms with E-state index in [1.807, 2.05) is 29.0 Å². The maximum Gasteiger partial charge on any atom is 0.233 e. The second kappa shape index (κ2) is 6.43. The number of pyridine rings is 1. The summed E-state index contributed by atoms with van der Waals surface area (Å²) in [5, 5.41) is 7.45. The quantitative estimate of drug-likeness (QED) is 0.569. The maximum absolute atomic E-state index is 6.17. The zero-order valence-electron chi connectivity index (χ0n) is 14.5. The highest BCUT2D eigenvalue weighted by Gasteiger charge is 2.19. The molecule has 9 heteroatoms. The van der Waals surface area contributed by atoms with Crippen molar-refractivity contribution in [2.24, 2.45) is 5.92 Å². The molecule has 0 saturated carbocycles. The van der Waals surface area contributed by atoms with E-state index >= 15 is 0 Å². The zero-order chi connectivity index (χ0) is 18.1. The van der Waals surface area contributed by atoms with E-state index in [1.165, 1.54) is 0 Å². The van der Waals surface area contributed by atoms with Gasteiger partial charge in [-0.05, 0) is 24.1 Å². The van der Waals surface area contributed by atoms with Crippen LogP contribution in [-0.4, -0.2) is 34.3 Å². The van der Waals surface area contributed by atoms with Gasteiger partial charge in [0.05, 0.1) is 0 Å². The summed E-state index contributed by atoms with van der Waals surface area (Å²) in [7, 11) is 0. The molecule has 0 aliphatic carbocycles. The van der Waals surface area contributed by atoms with Crippen LogP contribution in [0.5, 0.6) is 0 Å². The molecule has 0 saturated heterocycles.